The van der Waals surface area contributed by atoms with E-state index in [0.717, 1.165) is 25.1 Å². The van der Waals surface area contributed by atoms with Crippen LogP contribution in [-0.2, 0) is 36.4 Å². The molecule has 3 aromatic carbocycles. The minimum atomic E-state index is -3.19. The van der Waals surface area contributed by atoms with Gasteiger partial charge in [0.05, 0.1) is 23.5 Å². The van der Waals surface area contributed by atoms with Gasteiger partial charge >= 0.3 is 0 Å². The zero-order valence-electron chi connectivity index (χ0n) is 20.1. The predicted octanol–water partition coefficient (Wildman–Crippen LogP) is 4.21. The van der Waals surface area contributed by atoms with E-state index in [2.05, 4.69) is 62.2 Å². The normalized spacial score (nSPS) is 15.7. The summed E-state index contributed by atoms with van der Waals surface area (Å²) in [6.45, 7) is 2.35. The molecule has 35 heavy (non-hydrogen) atoms. The van der Waals surface area contributed by atoms with Crippen molar-refractivity contribution in [2.24, 2.45) is 7.05 Å². The Labute approximate surface area is 207 Å². The molecule has 0 saturated heterocycles. The Kier molecular flexibility index (Phi) is 6.45. The maximum atomic E-state index is 11.8. The van der Waals surface area contributed by atoms with Crippen LogP contribution in [0.5, 0.6) is 0 Å². The maximum Gasteiger partial charge on any atom is 0.175 e. The molecule has 2 heterocycles. The molecule has 5 rings (SSSR count). The Morgan fingerprint density at radius 2 is 1.77 bits per heavy atom. The number of hydrogen-bond donors (Lipinski definition) is 1. The van der Waals surface area contributed by atoms with E-state index in [4.69, 9.17) is 0 Å². The molecule has 1 aromatic heterocycles. The first-order valence-corrected chi connectivity index (χ1v) is 13.7. The molecular formula is C28H30N4O2S. The van der Waals surface area contributed by atoms with Gasteiger partial charge in [0.15, 0.2) is 9.84 Å². The molecule has 0 bridgehead atoms. The molecule has 6 nitrogen and oxygen atoms in total. The highest BCUT2D eigenvalue weighted by Crippen LogP contribution is 2.33. The zero-order chi connectivity index (χ0) is 24.4. The molecule has 0 amide bonds. The second-order valence-corrected chi connectivity index (χ2v) is 11.3. The van der Waals surface area contributed by atoms with Crippen molar-refractivity contribution in [1.29, 1.82) is 0 Å². The first-order valence-electron chi connectivity index (χ1n) is 11.8. The van der Waals surface area contributed by atoms with Crippen LogP contribution in [0.2, 0.25) is 0 Å². The molecule has 4 aromatic rings. The number of fused-ring (bicyclic) bond motifs is 1. The fourth-order valence-corrected chi connectivity index (χ4v) is 5.33. The van der Waals surface area contributed by atoms with E-state index in [0.29, 0.717) is 11.4 Å². The lowest BCUT2D eigenvalue weighted by molar-refractivity contribution is 0.478. The third-order valence-corrected chi connectivity index (χ3v) is 7.78. The maximum absolute atomic E-state index is 11.8. The van der Waals surface area contributed by atoms with E-state index in [9.17, 15) is 8.42 Å². The minimum absolute atomic E-state index is 0.260. The zero-order valence-corrected chi connectivity index (χ0v) is 20.9. The van der Waals surface area contributed by atoms with Gasteiger partial charge in [-0.3, -0.25) is 0 Å². The van der Waals surface area contributed by atoms with Crippen molar-refractivity contribution < 1.29 is 8.42 Å². The fourth-order valence-electron chi connectivity index (χ4n) is 4.70. The van der Waals surface area contributed by atoms with Gasteiger partial charge in [0, 0.05) is 44.3 Å². The quantitative estimate of drug-likeness (QED) is 0.424. The Morgan fingerprint density at radius 3 is 2.46 bits per heavy atom. The van der Waals surface area contributed by atoms with Crippen molar-refractivity contribution in [3.8, 4) is 11.1 Å². The second kappa shape index (κ2) is 9.68. The summed E-state index contributed by atoms with van der Waals surface area (Å²) in [5.41, 5.74) is 7.27. The molecule has 0 aliphatic carbocycles. The van der Waals surface area contributed by atoms with Crippen LogP contribution in [0.3, 0.4) is 0 Å². The Balaban J connectivity index is 1.38. The van der Waals surface area contributed by atoms with Gasteiger partial charge in [-0.05, 0) is 52.9 Å². The van der Waals surface area contributed by atoms with E-state index in [1.54, 1.807) is 12.1 Å². The van der Waals surface area contributed by atoms with Crippen molar-refractivity contribution in [2.75, 3.05) is 17.7 Å². The number of nitrogens with one attached hydrogen (secondary N) is 1. The number of imidazole rings is 1. The minimum Gasteiger partial charge on any atom is -0.364 e. The van der Waals surface area contributed by atoms with Gasteiger partial charge in [0.25, 0.3) is 0 Å². The number of aromatic nitrogens is 2. The standard InChI is InChI=1S/C28H30N4O2S/c1-31-20-29-17-26(31)19-32-18-25(30-16-21-8-11-27(12-9-21)35(2,33)34)15-24-14-23(10-13-28(24)32)22-6-4-3-5-7-22/h3-14,17,20,25,30H,15-16,18-19H2,1-2H3. The topological polar surface area (TPSA) is 67.2 Å². The van der Waals surface area contributed by atoms with Gasteiger partial charge in [-0.15, -0.1) is 0 Å². The summed E-state index contributed by atoms with van der Waals surface area (Å²) in [5.74, 6) is 0. The van der Waals surface area contributed by atoms with Gasteiger partial charge in [0.1, 0.15) is 0 Å². The summed E-state index contributed by atoms with van der Waals surface area (Å²) < 4.78 is 25.6. The lowest BCUT2D eigenvalue weighted by Crippen LogP contribution is -2.45. The number of hydrogen-bond acceptors (Lipinski definition) is 5. The first kappa shape index (κ1) is 23.3. The Bertz CT molecular complexity index is 1410. The van der Waals surface area contributed by atoms with Crippen molar-refractivity contribution in [1.82, 2.24) is 14.9 Å². The molecule has 1 aliphatic heterocycles. The second-order valence-electron chi connectivity index (χ2n) is 9.28. The molecule has 1 unspecified atom stereocenters. The number of anilines is 1. The lowest BCUT2D eigenvalue weighted by Gasteiger charge is -2.37. The Hall–Kier alpha value is -3.42. The smallest absolute Gasteiger partial charge is 0.175 e. The van der Waals surface area contributed by atoms with Crippen LogP contribution >= 0.6 is 0 Å². The van der Waals surface area contributed by atoms with Crippen LogP contribution in [0.15, 0.2) is 90.2 Å². The van der Waals surface area contributed by atoms with Crippen molar-refractivity contribution >= 4 is 15.5 Å². The van der Waals surface area contributed by atoms with E-state index in [1.165, 1.54) is 34.3 Å². The predicted molar refractivity (Wildman–Crippen MR) is 140 cm³/mol. The molecule has 0 saturated carbocycles. The van der Waals surface area contributed by atoms with Crippen molar-refractivity contribution in [3.63, 3.8) is 0 Å². The van der Waals surface area contributed by atoms with Crippen molar-refractivity contribution in [3.05, 3.63) is 102 Å². The largest absolute Gasteiger partial charge is 0.364 e. The summed E-state index contributed by atoms with van der Waals surface area (Å²) in [5, 5.41) is 3.71. The van der Waals surface area contributed by atoms with Crippen LogP contribution in [-0.4, -0.2) is 36.8 Å². The molecule has 1 atom stereocenters. The number of aryl methyl sites for hydroxylation is 1. The van der Waals surface area contributed by atoms with Gasteiger partial charge in [-0.1, -0.05) is 48.5 Å². The highest BCUT2D eigenvalue weighted by molar-refractivity contribution is 7.90. The van der Waals surface area contributed by atoms with E-state index >= 15 is 0 Å². The number of sulfone groups is 1. The first-order chi connectivity index (χ1) is 16.9. The summed E-state index contributed by atoms with van der Waals surface area (Å²) in [7, 11) is -1.16. The van der Waals surface area contributed by atoms with E-state index in [1.807, 2.05) is 37.8 Å². The SMILES string of the molecule is Cn1cncc1CN1CC(NCc2ccc(S(C)(=O)=O)cc2)Cc2cc(-c3ccccc3)ccc21. The summed E-state index contributed by atoms with van der Waals surface area (Å²) in [6, 6.07) is 24.7. The van der Waals surface area contributed by atoms with Gasteiger partial charge in [0.2, 0.25) is 0 Å². The molecule has 1 aliphatic rings. The molecule has 0 fully saturated rings. The summed E-state index contributed by atoms with van der Waals surface area (Å²) in [6.07, 6.45) is 5.94. The van der Waals surface area contributed by atoms with Crippen molar-refractivity contribution in [2.45, 2.75) is 30.4 Å². The average molecular weight is 487 g/mol. The third-order valence-electron chi connectivity index (χ3n) is 6.65. The number of benzene rings is 3. The van der Waals surface area contributed by atoms with Crippen LogP contribution in [0.4, 0.5) is 5.69 Å². The molecule has 1 N–H and O–H groups in total. The summed E-state index contributed by atoms with van der Waals surface area (Å²) in [4.78, 5) is 7.07. The van der Waals surface area contributed by atoms with Crippen LogP contribution in [0.1, 0.15) is 16.8 Å². The van der Waals surface area contributed by atoms with E-state index in [-0.39, 0.29) is 6.04 Å². The molecule has 0 radical (unpaired) electrons. The average Bonchev–Trinajstić information content (AvgIpc) is 3.26. The molecular weight excluding hydrogens is 456 g/mol. The highest BCUT2D eigenvalue weighted by Gasteiger charge is 2.25. The van der Waals surface area contributed by atoms with E-state index < -0.39 is 9.84 Å². The van der Waals surface area contributed by atoms with Gasteiger partial charge < -0.3 is 14.8 Å². The van der Waals surface area contributed by atoms with Crippen LogP contribution in [0, 0.1) is 0 Å². The monoisotopic (exact) mass is 486 g/mol. The number of nitrogens with zero attached hydrogens (tertiary/aromatic N) is 3. The van der Waals surface area contributed by atoms with Crippen LogP contribution in [0.25, 0.3) is 11.1 Å². The fraction of sp³-hybridized carbons (Fsp3) is 0.250. The number of rotatable bonds is 7. The van der Waals surface area contributed by atoms with Gasteiger partial charge in [-0.25, -0.2) is 13.4 Å². The highest BCUT2D eigenvalue weighted by atomic mass is 32.2. The molecule has 7 heteroatoms. The molecule has 180 valence electrons. The Morgan fingerprint density at radius 1 is 1.00 bits per heavy atom. The van der Waals surface area contributed by atoms with Crippen LogP contribution < -0.4 is 10.2 Å². The molecule has 0 spiro atoms. The third kappa shape index (κ3) is 5.31. The van der Waals surface area contributed by atoms with Gasteiger partial charge in [-0.2, -0.15) is 0 Å². The summed E-state index contributed by atoms with van der Waals surface area (Å²) >= 11 is 0. The lowest BCUT2D eigenvalue weighted by atomic mass is 9.93.